The Morgan fingerprint density at radius 2 is 1.95 bits per heavy atom. The number of rotatable bonds is 6. The second-order valence-corrected chi connectivity index (χ2v) is 4.42. The van der Waals surface area contributed by atoms with Gasteiger partial charge in [0.1, 0.15) is 0 Å². The van der Waals surface area contributed by atoms with Crippen molar-refractivity contribution in [3.8, 4) is 0 Å². The summed E-state index contributed by atoms with van der Waals surface area (Å²) in [6.45, 7) is 1.53. The molecule has 0 aliphatic carbocycles. The molecule has 5 nitrogen and oxygen atoms in total. The smallest absolute Gasteiger partial charge is 0.170 e. The molecule has 0 spiro atoms. The van der Waals surface area contributed by atoms with Gasteiger partial charge in [-0.1, -0.05) is 29.4 Å². The van der Waals surface area contributed by atoms with E-state index in [1.165, 1.54) is 5.56 Å². The maximum absolute atomic E-state index is 8.77. The van der Waals surface area contributed by atoms with Crippen molar-refractivity contribution >= 4 is 5.84 Å². The van der Waals surface area contributed by atoms with E-state index in [4.69, 9.17) is 10.9 Å². The summed E-state index contributed by atoms with van der Waals surface area (Å²) in [5.41, 5.74) is 8.67. The number of nitrogens with one attached hydrogen (secondary N) is 1. The second-order valence-electron chi connectivity index (χ2n) is 4.42. The van der Waals surface area contributed by atoms with Crippen LogP contribution >= 0.6 is 0 Å². The van der Waals surface area contributed by atoms with Crippen LogP contribution in [0.2, 0.25) is 0 Å². The zero-order chi connectivity index (χ0) is 14.2. The first-order valence-corrected chi connectivity index (χ1v) is 6.46. The zero-order valence-electron chi connectivity index (χ0n) is 11.2. The van der Waals surface area contributed by atoms with E-state index >= 15 is 0 Å². The summed E-state index contributed by atoms with van der Waals surface area (Å²) >= 11 is 0. The van der Waals surface area contributed by atoms with Crippen LogP contribution in [0.15, 0.2) is 53.9 Å². The Morgan fingerprint density at radius 1 is 1.20 bits per heavy atom. The first-order valence-electron chi connectivity index (χ1n) is 6.46. The summed E-state index contributed by atoms with van der Waals surface area (Å²) in [7, 11) is 0. The molecule has 1 aromatic carbocycles. The molecule has 20 heavy (non-hydrogen) atoms. The van der Waals surface area contributed by atoms with Crippen molar-refractivity contribution in [1.82, 2.24) is 10.3 Å². The van der Waals surface area contributed by atoms with Gasteiger partial charge in [0.15, 0.2) is 5.84 Å². The molecule has 0 saturated carbocycles. The highest BCUT2D eigenvalue weighted by Crippen LogP contribution is 2.08. The van der Waals surface area contributed by atoms with E-state index < -0.39 is 0 Å². The van der Waals surface area contributed by atoms with E-state index in [0.717, 1.165) is 24.1 Å². The third-order valence-corrected chi connectivity index (χ3v) is 3.06. The molecule has 0 unspecified atom stereocenters. The highest BCUT2D eigenvalue weighted by atomic mass is 16.4. The predicted molar refractivity (Wildman–Crippen MR) is 78.6 cm³/mol. The fraction of sp³-hybridized carbons (Fsp3) is 0.200. The number of hydrogen-bond acceptors (Lipinski definition) is 4. The van der Waals surface area contributed by atoms with E-state index in [-0.39, 0.29) is 5.84 Å². The lowest BCUT2D eigenvalue weighted by Crippen LogP contribution is -2.21. The quantitative estimate of drug-likeness (QED) is 0.244. The molecule has 0 saturated heterocycles. The molecule has 0 radical (unpaired) electrons. The Bertz CT molecular complexity index is 569. The van der Waals surface area contributed by atoms with Gasteiger partial charge in [0.2, 0.25) is 0 Å². The van der Waals surface area contributed by atoms with Gasteiger partial charge in [-0.2, -0.15) is 0 Å². The van der Waals surface area contributed by atoms with Crippen LogP contribution in [0.1, 0.15) is 16.7 Å². The Kier molecular flexibility index (Phi) is 5.08. The van der Waals surface area contributed by atoms with Gasteiger partial charge in [-0.05, 0) is 36.2 Å². The van der Waals surface area contributed by atoms with Gasteiger partial charge in [0.05, 0.1) is 0 Å². The van der Waals surface area contributed by atoms with E-state index in [0.29, 0.717) is 6.54 Å². The standard InChI is InChI=1S/C15H18N4O/c16-15(19-20)14-4-2-1-3-13(14)11-18-10-7-12-5-8-17-9-6-12/h1-6,8-9,18,20H,7,10-11H2,(H2,16,19). The second kappa shape index (κ2) is 7.25. The summed E-state index contributed by atoms with van der Waals surface area (Å²) in [6.07, 6.45) is 4.53. The van der Waals surface area contributed by atoms with Crippen molar-refractivity contribution in [2.75, 3.05) is 6.54 Å². The van der Waals surface area contributed by atoms with E-state index in [1.807, 2.05) is 36.4 Å². The van der Waals surface area contributed by atoms with Crippen LogP contribution in [0.5, 0.6) is 0 Å². The van der Waals surface area contributed by atoms with Crippen LogP contribution in [0.3, 0.4) is 0 Å². The summed E-state index contributed by atoms with van der Waals surface area (Å²) in [6, 6.07) is 11.6. The van der Waals surface area contributed by atoms with Crippen molar-refractivity contribution in [3.05, 3.63) is 65.5 Å². The topological polar surface area (TPSA) is 83.5 Å². The molecule has 2 rings (SSSR count). The number of nitrogens with zero attached hydrogens (tertiary/aromatic N) is 2. The molecule has 0 atom stereocenters. The molecule has 4 N–H and O–H groups in total. The van der Waals surface area contributed by atoms with Gasteiger partial charge in [-0.15, -0.1) is 0 Å². The third kappa shape index (κ3) is 3.80. The zero-order valence-corrected chi connectivity index (χ0v) is 11.2. The molecule has 0 bridgehead atoms. The first kappa shape index (κ1) is 14.0. The molecule has 104 valence electrons. The maximum Gasteiger partial charge on any atom is 0.170 e. The van der Waals surface area contributed by atoms with Crippen molar-refractivity contribution in [2.45, 2.75) is 13.0 Å². The molecule has 2 aromatic rings. The number of aromatic nitrogens is 1. The molecule has 0 aliphatic heterocycles. The fourth-order valence-electron chi connectivity index (χ4n) is 1.98. The summed E-state index contributed by atoms with van der Waals surface area (Å²) < 4.78 is 0. The first-order chi connectivity index (χ1) is 9.81. The molecular weight excluding hydrogens is 252 g/mol. The van der Waals surface area contributed by atoms with E-state index in [9.17, 15) is 0 Å². The minimum Gasteiger partial charge on any atom is -0.409 e. The van der Waals surface area contributed by atoms with Crippen LogP contribution in [-0.2, 0) is 13.0 Å². The summed E-state index contributed by atoms with van der Waals surface area (Å²) in [4.78, 5) is 3.99. The predicted octanol–water partition coefficient (Wildman–Crippen LogP) is 1.51. The molecule has 0 fully saturated rings. The third-order valence-electron chi connectivity index (χ3n) is 3.06. The number of pyridine rings is 1. The number of benzene rings is 1. The Labute approximate surface area is 118 Å². The number of amidine groups is 1. The van der Waals surface area contributed by atoms with E-state index in [2.05, 4.69) is 15.5 Å². The van der Waals surface area contributed by atoms with Gasteiger partial charge < -0.3 is 16.3 Å². The normalized spacial score (nSPS) is 11.5. The molecule has 1 aromatic heterocycles. The lowest BCUT2D eigenvalue weighted by Gasteiger charge is -2.09. The van der Waals surface area contributed by atoms with Crippen LogP contribution < -0.4 is 11.1 Å². The van der Waals surface area contributed by atoms with Gasteiger partial charge in [-0.25, -0.2) is 0 Å². The maximum atomic E-state index is 8.77. The van der Waals surface area contributed by atoms with Crippen molar-refractivity contribution in [2.24, 2.45) is 10.9 Å². The van der Waals surface area contributed by atoms with Crippen LogP contribution in [0, 0.1) is 0 Å². The molecule has 0 amide bonds. The van der Waals surface area contributed by atoms with Crippen LogP contribution in [0.4, 0.5) is 0 Å². The van der Waals surface area contributed by atoms with Gasteiger partial charge in [-0.3, -0.25) is 4.98 Å². The number of nitrogens with two attached hydrogens (primary N) is 1. The number of hydrogen-bond donors (Lipinski definition) is 3. The van der Waals surface area contributed by atoms with Crippen molar-refractivity contribution < 1.29 is 5.21 Å². The van der Waals surface area contributed by atoms with Gasteiger partial charge in [0, 0.05) is 24.5 Å². The lowest BCUT2D eigenvalue weighted by molar-refractivity contribution is 0.318. The number of oxime groups is 1. The van der Waals surface area contributed by atoms with Crippen LogP contribution in [0.25, 0.3) is 0 Å². The Hall–Kier alpha value is -2.40. The summed E-state index contributed by atoms with van der Waals surface area (Å²) in [5.74, 6) is 0.136. The van der Waals surface area contributed by atoms with Crippen LogP contribution in [-0.4, -0.2) is 22.6 Å². The largest absolute Gasteiger partial charge is 0.409 e. The molecular formula is C15H18N4O. The fourth-order valence-corrected chi connectivity index (χ4v) is 1.98. The Morgan fingerprint density at radius 3 is 2.70 bits per heavy atom. The lowest BCUT2D eigenvalue weighted by atomic mass is 10.1. The van der Waals surface area contributed by atoms with E-state index in [1.54, 1.807) is 12.4 Å². The molecule has 5 heteroatoms. The van der Waals surface area contributed by atoms with Gasteiger partial charge >= 0.3 is 0 Å². The molecule has 1 heterocycles. The average molecular weight is 270 g/mol. The minimum absolute atomic E-state index is 0.136. The SMILES string of the molecule is NC(=NO)c1ccccc1CNCCc1ccncc1. The minimum atomic E-state index is 0.136. The highest BCUT2D eigenvalue weighted by Gasteiger charge is 2.05. The molecule has 0 aliphatic rings. The summed E-state index contributed by atoms with van der Waals surface area (Å²) in [5, 5.41) is 15.2. The van der Waals surface area contributed by atoms with Crippen molar-refractivity contribution in [3.63, 3.8) is 0 Å². The Balaban J connectivity index is 1.88. The average Bonchev–Trinajstić information content (AvgIpc) is 2.52. The monoisotopic (exact) mass is 270 g/mol. The van der Waals surface area contributed by atoms with Gasteiger partial charge in [0.25, 0.3) is 0 Å². The van der Waals surface area contributed by atoms with Crippen molar-refractivity contribution in [1.29, 1.82) is 0 Å². The highest BCUT2D eigenvalue weighted by molar-refractivity contribution is 5.98.